The van der Waals surface area contributed by atoms with Crippen LogP contribution in [0.1, 0.15) is 36.5 Å². The minimum absolute atomic E-state index is 0.00760. The molecule has 0 fully saturated rings. The molecule has 0 heterocycles. The smallest absolute Gasteiger partial charge is 0.115 e. The van der Waals surface area contributed by atoms with E-state index in [-0.39, 0.29) is 23.2 Å². The van der Waals surface area contributed by atoms with Gasteiger partial charge >= 0.3 is 0 Å². The van der Waals surface area contributed by atoms with E-state index in [1.807, 2.05) is 36.4 Å². The molecule has 0 aromatic heterocycles. The Labute approximate surface area is 176 Å². The normalized spacial score (nSPS) is 16.1. The van der Waals surface area contributed by atoms with Gasteiger partial charge in [-0.2, -0.15) is 0 Å². The molecule has 1 unspecified atom stereocenters. The lowest BCUT2D eigenvalue weighted by molar-refractivity contribution is 0.474. The summed E-state index contributed by atoms with van der Waals surface area (Å²) in [6, 6.07) is 21.8. The van der Waals surface area contributed by atoms with E-state index in [1.165, 1.54) is 11.1 Å². The highest BCUT2D eigenvalue weighted by Gasteiger charge is 2.25. The summed E-state index contributed by atoms with van der Waals surface area (Å²) in [5.41, 5.74) is 7.68. The number of phenolic OH excluding ortho intramolecular Hbond substituents is 3. The van der Waals surface area contributed by atoms with Crippen LogP contribution in [0.25, 0.3) is 11.1 Å². The number of aromatic hydroxyl groups is 3. The van der Waals surface area contributed by atoms with Crippen LogP contribution in [0.4, 0.5) is 0 Å². The zero-order chi connectivity index (χ0) is 21.3. The molecule has 3 aromatic carbocycles. The summed E-state index contributed by atoms with van der Waals surface area (Å²) in [4.78, 5) is 0. The lowest BCUT2D eigenvalue weighted by Crippen LogP contribution is -2.09. The summed E-state index contributed by atoms with van der Waals surface area (Å²) in [6.07, 6.45) is 4.39. The second kappa shape index (κ2) is 7.96. The van der Waals surface area contributed by atoms with Crippen molar-refractivity contribution in [2.45, 2.75) is 19.8 Å². The average molecular weight is 396 g/mol. The summed E-state index contributed by atoms with van der Waals surface area (Å²) in [5.74, 6) is 0.717. The summed E-state index contributed by atoms with van der Waals surface area (Å²) in [7, 11) is 0. The van der Waals surface area contributed by atoms with Gasteiger partial charge in [-0.25, -0.2) is 0 Å². The fraction of sp³-hybridized carbons (Fsp3) is 0.111. The quantitative estimate of drug-likeness (QED) is 0.480. The van der Waals surface area contributed by atoms with E-state index in [9.17, 15) is 15.3 Å². The molecule has 1 aliphatic carbocycles. The Bertz CT molecular complexity index is 1140. The Morgan fingerprint density at radius 1 is 0.633 bits per heavy atom. The van der Waals surface area contributed by atoms with E-state index >= 15 is 0 Å². The molecule has 0 aliphatic heterocycles. The number of rotatable bonds is 3. The highest BCUT2D eigenvalue weighted by Crippen LogP contribution is 2.45. The van der Waals surface area contributed by atoms with E-state index in [2.05, 4.69) is 26.0 Å². The Morgan fingerprint density at radius 2 is 1.10 bits per heavy atom. The van der Waals surface area contributed by atoms with Crippen LogP contribution in [0.2, 0.25) is 0 Å². The van der Waals surface area contributed by atoms with Crippen molar-refractivity contribution >= 4 is 11.1 Å². The van der Waals surface area contributed by atoms with Gasteiger partial charge in [0.2, 0.25) is 0 Å². The number of phenols is 3. The predicted molar refractivity (Wildman–Crippen MR) is 121 cm³/mol. The van der Waals surface area contributed by atoms with Crippen LogP contribution in [0, 0.1) is 0 Å². The van der Waals surface area contributed by atoms with E-state index in [4.69, 9.17) is 0 Å². The van der Waals surface area contributed by atoms with Crippen molar-refractivity contribution in [3.05, 3.63) is 113 Å². The second-order valence-electron chi connectivity index (χ2n) is 7.76. The molecule has 0 saturated heterocycles. The summed E-state index contributed by atoms with van der Waals surface area (Å²) in [5, 5.41) is 29.2. The SMILES string of the molecule is CC(C)=C1C(c2ccc(O)cc2)=CC(c2ccc(O)cc2)=CC1c1ccc(O)cc1. The summed E-state index contributed by atoms with van der Waals surface area (Å²) in [6.45, 7) is 4.22. The van der Waals surface area contributed by atoms with Gasteiger partial charge < -0.3 is 15.3 Å². The monoisotopic (exact) mass is 396 g/mol. The van der Waals surface area contributed by atoms with Crippen molar-refractivity contribution in [2.24, 2.45) is 0 Å². The molecule has 30 heavy (non-hydrogen) atoms. The van der Waals surface area contributed by atoms with Crippen molar-refractivity contribution in [1.29, 1.82) is 0 Å². The topological polar surface area (TPSA) is 60.7 Å². The van der Waals surface area contributed by atoms with Crippen LogP contribution in [0.5, 0.6) is 17.2 Å². The Balaban J connectivity index is 1.93. The number of hydrogen-bond donors (Lipinski definition) is 3. The van der Waals surface area contributed by atoms with Gasteiger partial charge in [-0.3, -0.25) is 0 Å². The maximum Gasteiger partial charge on any atom is 0.115 e. The van der Waals surface area contributed by atoms with Gasteiger partial charge in [-0.05, 0) is 89.7 Å². The molecule has 3 aromatic rings. The third-order valence-corrected chi connectivity index (χ3v) is 5.42. The first-order valence-corrected chi connectivity index (χ1v) is 9.91. The Hall–Kier alpha value is -3.72. The highest BCUT2D eigenvalue weighted by molar-refractivity contribution is 5.95. The van der Waals surface area contributed by atoms with Gasteiger partial charge in [0.1, 0.15) is 17.2 Å². The molecule has 4 rings (SSSR count). The molecular weight excluding hydrogens is 372 g/mol. The largest absolute Gasteiger partial charge is 0.508 e. The minimum atomic E-state index is 0.00760. The van der Waals surface area contributed by atoms with Crippen molar-refractivity contribution in [3.8, 4) is 17.2 Å². The molecule has 3 heteroatoms. The molecule has 0 spiro atoms. The van der Waals surface area contributed by atoms with Gasteiger partial charge in [0.25, 0.3) is 0 Å². The molecule has 1 aliphatic rings. The molecule has 0 bridgehead atoms. The second-order valence-corrected chi connectivity index (χ2v) is 7.76. The molecule has 1 atom stereocenters. The third kappa shape index (κ3) is 3.87. The Kier molecular flexibility index (Phi) is 5.20. The lowest BCUT2D eigenvalue weighted by atomic mass is 9.75. The minimum Gasteiger partial charge on any atom is -0.508 e. The first kappa shape index (κ1) is 19.6. The first-order valence-electron chi connectivity index (χ1n) is 9.91. The molecule has 0 radical (unpaired) electrons. The highest BCUT2D eigenvalue weighted by atomic mass is 16.3. The summed E-state index contributed by atoms with van der Waals surface area (Å²) >= 11 is 0. The third-order valence-electron chi connectivity index (χ3n) is 5.42. The number of allylic oxidation sites excluding steroid dienone is 6. The van der Waals surface area contributed by atoms with Crippen LogP contribution >= 0.6 is 0 Å². The van der Waals surface area contributed by atoms with E-state index < -0.39 is 0 Å². The zero-order valence-corrected chi connectivity index (χ0v) is 17.0. The fourth-order valence-corrected chi connectivity index (χ4v) is 3.95. The van der Waals surface area contributed by atoms with Crippen LogP contribution in [-0.4, -0.2) is 15.3 Å². The maximum absolute atomic E-state index is 9.76. The van der Waals surface area contributed by atoms with Gasteiger partial charge in [0, 0.05) is 5.92 Å². The summed E-state index contributed by atoms with van der Waals surface area (Å²) < 4.78 is 0. The van der Waals surface area contributed by atoms with Crippen LogP contribution < -0.4 is 0 Å². The Morgan fingerprint density at radius 3 is 1.60 bits per heavy atom. The average Bonchev–Trinajstić information content (AvgIpc) is 2.74. The lowest BCUT2D eigenvalue weighted by Gasteiger charge is -2.28. The fourth-order valence-electron chi connectivity index (χ4n) is 3.95. The number of hydrogen-bond acceptors (Lipinski definition) is 3. The van der Waals surface area contributed by atoms with Gasteiger partial charge in [0.05, 0.1) is 0 Å². The number of benzene rings is 3. The molecule has 3 N–H and O–H groups in total. The van der Waals surface area contributed by atoms with Crippen molar-refractivity contribution in [2.75, 3.05) is 0 Å². The van der Waals surface area contributed by atoms with Crippen molar-refractivity contribution in [3.63, 3.8) is 0 Å². The zero-order valence-electron chi connectivity index (χ0n) is 17.0. The molecule has 3 nitrogen and oxygen atoms in total. The molecule has 0 saturated carbocycles. The van der Waals surface area contributed by atoms with Gasteiger partial charge in [-0.1, -0.05) is 48.0 Å². The standard InChI is InChI=1S/C27H24O3/c1-17(2)27-25(19-5-11-23(29)12-6-19)15-21(18-3-9-22(28)10-4-18)16-26(27)20-7-13-24(30)14-8-20/h3-16,25,28-30H,1-2H3. The first-order chi connectivity index (χ1) is 14.4. The van der Waals surface area contributed by atoms with Crippen molar-refractivity contribution < 1.29 is 15.3 Å². The van der Waals surface area contributed by atoms with Gasteiger partial charge in [-0.15, -0.1) is 0 Å². The maximum atomic E-state index is 9.76. The van der Waals surface area contributed by atoms with Crippen LogP contribution in [-0.2, 0) is 0 Å². The van der Waals surface area contributed by atoms with E-state index in [0.29, 0.717) is 0 Å². The predicted octanol–water partition coefficient (Wildman–Crippen LogP) is 6.40. The van der Waals surface area contributed by atoms with E-state index in [0.717, 1.165) is 27.8 Å². The van der Waals surface area contributed by atoms with E-state index in [1.54, 1.807) is 36.4 Å². The van der Waals surface area contributed by atoms with Crippen LogP contribution in [0.15, 0.2) is 96.1 Å². The molecule has 150 valence electrons. The van der Waals surface area contributed by atoms with Gasteiger partial charge in [0.15, 0.2) is 0 Å². The van der Waals surface area contributed by atoms with Crippen molar-refractivity contribution in [1.82, 2.24) is 0 Å². The van der Waals surface area contributed by atoms with Crippen LogP contribution in [0.3, 0.4) is 0 Å². The molecular formula is C27H24O3. The molecule has 0 amide bonds.